The highest BCUT2D eigenvalue weighted by Gasteiger charge is 2.03. The molecule has 0 aliphatic rings. The average molecular weight is 361 g/mol. The first-order chi connectivity index (χ1) is 12.8. The molecule has 0 atom stereocenters. The Balaban J connectivity index is 2.24. The second-order valence-corrected chi connectivity index (χ2v) is 6.61. The van der Waals surface area contributed by atoms with E-state index < -0.39 is 0 Å². The Morgan fingerprint density at radius 2 is 1.69 bits per heavy atom. The summed E-state index contributed by atoms with van der Waals surface area (Å²) in [4.78, 5) is 11.3. The first-order valence-electron chi connectivity index (χ1n) is 10.3. The van der Waals surface area contributed by atoms with E-state index in [0.29, 0.717) is 26.1 Å². The van der Waals surface area contributed by atoms with Crippen LogP contribution in [0, 0.1) is 0 Å². The molecule has 1 aromatic rings. The van der Waals surface area contributed by atoms with Gasteiger partial charge in [-0.25, -0.2) is 0 Å². The van der Waals surface area contributed by atoms with Gasteiger partial charge in [0.15, 0.2) is 0 Å². The predicted molar refractivity (Wildman–Crippen MR) is 109 cm³/mol. The van der Waals surface area contributed by atoms with Gasteiger partial charge < -0.3 is 9.47 Å². The monoisotopic (exact) mass is 360 g/mol. The van der Waals surface area contributed by atoms with E-state index in [2.05, 4.69) is 25.1 Å². The minimum Gasteiger partial charge on any atom is -0.493 e. The zero-order chi connectivity index (χ0) is 18.9. The van der Waals surface area contributed by atoms with Crippen molar-refractivity contribution in [3.05, 3.63) is 35.9 Å². The van der Waals surface area contributed by atoms with Crippen LogP contribution in [0.4, 0.5) is 0 Å². The molecule has 0 fully saturated rings. The van der Waals surface area contributed by atoms with E-state index in [0.717, 1.165) is 17.7 Å². The van der Waals surface area contributed by atoms with Crippen LogP contribution < -0.4 is 4.74 Å². The lowest BCUT2D eigenvalue weighted by molar-refractivity contribution is -0.143. The highest BCUT2D eigenvalue weighted by Crippen LogP contribution is 2.20. The van der Waals surface area contributed by atoms with Gasteiger partial charge in [-0.1, -0.05) is 75.8 Å². The summed E-state index contributed by atoms with van der Waals surface area (Å²) in [5.74, 6) is 0.728. The number of hydrogen-bond donors (Lipinski definition) is 0. The van der Waals surface area contributed by atoms with Gasteiger partial charge in [-0.2, -0.15) is 0 Å². The van der Waals surface area contributed by atoms with E-state index in [9.17, 15) is 4.79 Å². The van der Waals surface area contributed by atoms with E-state index >= 15 is 0 Å². The largest absolute Gasteiger partial charge is 0.493 e. The molecule has 0 heterocycles. The number of ether oxygens (including phenoxy) is 2. The SMILES string of the molecule is CCCCCCCCC/C=C/c1ccccc1OCCCC(=O)OCC. The number of unbranched alkanes of at least 4 members (excludes halogenated alkanes) is 7. The third-order valence-electron chi connectivity index (χ3n) is 4.28. The van der Waals surface area contributed by atoms with Crippen molar-refractivity contribution < 1.29 is 14.3 Å². The molecule has 26 heavy (non-hydrogen) atoms. The zero-order valence-corrected chi connectivity index (χ0v) is 16.7. The first kappa shape index (κ1) is 22.3. The quantitative estimate of drug-likeness (QED) is 0.262. The maximum atomic E-state index is 11.3. The van der Waals surface area contributed by atoms with Crippen LogP contribution in [-0.2, 0) is 9.53 Å². The zero-order valence-electron chi connectivity index (χ0n) is 16.7. The van der Waals surface area contributed by atoms with Crippen LogP contribution in [0.5, 0.6) is 5.75 Å². The number of benzene rings is 1. The second-order valence-electron chi connectivity index (χ2n) is 6.61. The Morgan fingerprint density at radius 3 is 2.46 bits per heavy atom. The number of para-hydroxylation sites is 1. The standard InChI is InChI=1S/C23H36O3/c1-3-5-6-7-8-9-10-11-12-16-21-17-13-14-18-22(21)26-20-15-19-23(24)25-4-2/h12-14,16-18H,3-11,15,19-20H2,1-2H3/b16-12+. The van der Waals surface area contributed by atoms with Crippen molar-refractivity contribution in [2.24, 2.45) is 0 Å². The second kappa shape index (κ2) is 15.5. The molecule has 0 aliphatic heterocycles. The number of hydrogen-bond acceptors (Lipinski definition) is 3. The van der Waals surface area contributed by atoms with E-state index in [4.69, 9.17) is 9.47 Å². The fraction of sp³-hybridized carbons (Fsp3) is 0.609. The summed E-state index contributed by atoms with van der Waals surface area (Å²) in [6.07, 6.45) is 16.0. The normalized spacial score (nSPS) is 11.0. The van der Waals surface area contributed by atoms with Gasteiger partial charge in [0.1, 0.15) is 5.75 Å². The number of esters is 1. The molecular weight excluding hydrogens is 324 g/mol. The number of rotatable bonds is 15. The Labute approximate surface area is 159 Å². The van der Waals surface area contributed by atoms with E-state index in [1.54, 1.807) is 0 Å². The highest BCUT2D eigenvalue weighted by atomic mass is 16.5. The van der Waals surface area contributed by atoms with E-state index in [1.165, 1.54) is 44.9 Å². The third-order valence-corrected chi connectivity index (χ3v) is 4.28. The van der Waals surface area contributed by atoms with Crippen molar-refractivity contribution in [1.82, 2.24) is 0 Å². The number of carbonyl (C=O) groups is 1. The van der Waals surface area contributed by atoms with Crippen LogP contribution in [0.15, 0.2) is 30.3 Å². The fourth-order valence-corrected chi connectivity index (χ4v) is 2.81. The van der Waals surface area contributed by atoms with Gasteiger partial charge in [-0.05, 0) is 32.3 Å². The molecule has 3 heteroatoms. The highest BCUT2D eigenvalue weighted by molar-refractivity contribution is 5.69. The van der Waals surface area contributed by atoms with Gasteiger partial charge in [-0.15, -0.1) is 0 Å². The summed E-state index contributed by atoms with van der Waals surface area (Å²) in [5.41, 5.74) is 1.10. The minimum atomic E-state index is -0.154. The van der Waals surface area contributed by atoms with Crippen LogP contribution in [0.1, 0.15) is 83.6 Å². The van der Waals surface area contributed by atoms with Gasteiger partial charge in [0, 0.05) is 12.0 Å². The Kier molecular flexibility index (Phi) is 13.3. The lowest BCUT2D eigenvalue weighted by Crippen LogP contribution is -2.07. The topological polar surface area (TPSA) is 35.5 Å². The van der Waals surface area contributed by atoms with Crippen LogP contribution in [0.25, 0.3) is 6.08 Å². The van der Waals surface area contributed by atoms with Crippen LogP contribution in [-0.4, -0.2) is 19.2 Å². The van der Waals surface area contributed by atoms with Gasteiger partial charge in [0.2, 0.25) is 0 Å². The molecule has 0 radical (unpaired) electrons. The third kappa shape index (κ3) is 11.0. The molecule has 0 saturated carbocycles. The average Bonchev–Trinajstić information content (AvgIpc) is 2.65. The minimum absolute atomic E-state index is 0.154. The van der Waals surface area contributed by atoms with E-state index in [-0.39, 0.29) is 5.97 Å². The molecule has 3 nitrogen and oxygen atoms in total. The van der Waals surface area contributed by atoms with Crippen molar-refractivity contribution in [2.75, 3.05) is 13.2 Å². The summed E-state index contributed by atoms with van der Waals surface area (Å²) < 4.78 is 10.8. The molecular formula is C23H36O3. The molecule has 0 aromatic heterocycles. The molecule has 0 saturated heterocycles. The van der Waals surface area contributed by atoms with Crippen molar-refractivity contribution in [1.29, 1.82) is 0 Å². The summed E-state index contributed by atoms with van der Waals surface area (Å²) in [6, 6.07) is 8.06. The van der Waals surface area contributed by atoms with Gasteiger partial charge in [0.05, 0.1) is 13.2 Å². The maximum Gasteiger partial charge on any atom is 0.305 e. The summed E-state index contributed by atoms with van der Waals surface area (Å²) >= 11 is 0. The van der Waals surface area contributed by atoms with Crippen molar-refractivity contribution in [2.45, 2.75) is 78.1 Å². The predicted octanol–water partition coefficient (Wildman–Crippen LogP) is 6.56. The van der Waals surface area contributed by atoms with Crippen LogP contribution >= 0.6 is 0 Å². The van der Waals surface area contributed by atoms with Crippen molar-refractivity contribution in [3.63, 3.8) is 0 Å². The molecule has 1 rings (SSSR count). The smallest absolute Gasteiger partial charge is 0.305 e. The number of allylic oxidation sites excluding steroid dienone is 1. The Bertz CT molecular complexity index is 508. The summed E-state index contributed by atoms with van der Waals surface area (Å²) in [6.45, 7) is 5.05. The molecule has 0 spiro atoms. The van der Waals surface area contributed by atoms with Crippen LogP contribution in [0.2, 0.25) is 0 Å². The number of carbonyl (C=O) groups excluding carboxylic acids is 1. The molecule has 146 valence electrons. The van der Waals surface area contributed by atoms with Crippen LogP contribution in [0.3, 0.4) is 0 Å². The summed E-state index contributed by atoms with van der Waals surface area (Å²) in [5, 5.41) is 0. The first-order valence-corrected chi connectivity index (χ1v) is 10.3. The maximum absolute atomic E-state index is 11.3. The molecule has 0 N–H and O–H groups in total. The Morgan fingerprint density at radius 1 is 0.962 bits per heavy atom. The van der Waals surface area contributed by atoms with Crippen molar-refractivity contribution >= 4 is 12.0 Å². The van der Waals surface area contributed by atoms with Gasteiger partial charge >= 0.3 is 5.97 Å². The van der Waals surface area contributed by atoms with E-state index in [1.807, 2.05) is 25.1 Å². The molecule has 0 aliphatic carbocycles. The van der Waals surface area contributed by atoms with Gasteiger partial charge in [-0.3, -0.25) is 4.79 Å². The molecule has 1 aromatic carbocycles. The lowest BCUT2D eigenvalue weighted by Gasteiger charge is -2.09. The Hall–Kier alpha value is -1.77. The summed E-state index contributed by atoms with van der Waals surface area (Å²) in [7, 11) is 0. The van der Waals surface area contributed by atoms with Crippen molar-refractivity contribution in [3.8, 4) is 5.75 Å². The molecule has 0 bridgehead atoms. The molecule has 0 amide bonds. The van der Waals surface area contributed by atoms with Gasteiger partial charge in [0.25, 0.3) is 0 Å². The fourth-order valence-electron chi connectivity index (χ4n) is 2.81. The lowest BCUT2D eigenvalue weighted by atomic mass is 10.1. The molecule has 0 unspecified atom stereocenters.